The van der Waals surface area contributed by atoms with Gasteiger partial charge in [0.2, 0.25) is 0 Å². The molecule has 112 valence electrons. The first-order valence-electron chi connectivity index (χ1n) is 7.85. The molecule has 1 heterocycles. The van der Waals surface area contributed by atoms with Crippen molar-refractivity contribution in [3.63, 3.8) is 0 Å². The lowest BCUT2D eigenvalue weighted by Gasteiger charge is -2.45. The average Bonchev–Trinajstić information content (AvgIpc) is 2.26. The molecule has 0 spiro atoms. The molecule has 2 rings (SSSR count). The van der Waals surface area contributed by atoms with Crippen molar-refractivity contribution in [3.8, 4) is 0 Å². The summed E-state index contributed by atoms with van der Waals surface area (Å²) in [5.41, 5.74) is 0.539. The molecular weight excluding hydrogens is 236 g/mol. The van der Waals surface area contributed by atoms with Crippen LogP contribution in [0.5, 0.6) is 0 Å². The highest BCUT2D eigenvalue weighted by molar-refractivity contribution is 4.91. The molecular formula is C16H32N2O. The van der Waals surface area contributed by atoms with Crippen LogP contribution in [0.3, 0.4) is 0 Å². The molecule has 3 nitrogen and oxygen atoms in total. The standard InChI is InChI=1S/C16H32N2O/c1-15(2)7-6-14(17-5)13(10-15)11-18-8-9-19-16(3,4)12-18/h13-14,17H,6-12H2,1-5H3. The molecule has 2 unspecified atom stereocenters. The lowest BCUT2D eigenvalue weighted by Crippen LogP contribution is -2.53. The number of nitrogens with one attached hydrogen (secondary N) is 1. The lowest BCUT2D eigenvalue weighted by atomic mass is 9.69. The van der Waals surface area contributed by atoms with E-state index < -0.39 is 0 Å². The molecule has 19 heavy (non-hydrogen) atoms. The number of nitrogens with zero attached hydrogens (tertiary/aromatic N) is 1. The van der Waals surface area contributed by atoms with Gasteiger partial charge in [-0.2, -0.15) is 0 Å². The first-order valence-corrected chi connectivity index (χ1v) is 7.85. The summed E-state index contributed by atoms with van der Waals surface area (Å²) in [5.74, 6) is 0.780. The first-order chi connectivity index (χ1) is 8.81. The van der Waals surface area contributed by atoms with Crippen LogP contribution in [0, 0.1) is 11.3 Å². The molecule has 1 saturated heterocycles. The highest BCUT2D eigenvalue weighted by Crippen LogP contribution is 2.39. The zero-order valence-corrected chi connectivity index (χ0v) is 13.5. The normalized spacial score (nSPS) is 35.2. The van der Waals surface area contributed by atoms with Crippen LogP contribution in [0.2, 0.25) is 0 Å². The molecule has 0 amide bonds. The molecule has 0 radical (unpaired) electrons. The van der Waals surface area contributed by atoms with Gasteiger partial charge in [0.25, 0.3) is 0 Å². The Morgan fingerprint density at radius 3 is 2.63 bits per heavy atom. The van der Waals surface area contributed by atoms with E-state index in [0.29, 0.717) is 11.5 Å². The number of hydrogen-bond donors (Lipinski definition) is 1. The van der Waals surface area contributed by atoms with Crippen LogP contribution in [0.25, 0.3) is 0 Å². The zero-order chi connectivity index (χ0) is 14.1. The Morgan fingerprint density at radius 2 is 2.00 bits per heavy atom. The second kappa shape index (κ2) is 5.71. The molecule has 0 bridgehead atoms. The van der Waals surface area contributed by atoms with Gasteiger partial charge in [0, 0.05) is 25.7 Å². The number of rotatable bonds is 3. The fourth-order valence-corrected chi connectivity index (χ4v) is 3.91. The van der Waals surface area contributed by atoms with Crippen molar-refractivity contribution in [1.29, 1.82) is 0 Å². The Kier molecular flexibility index (Phi) is 4.59. The quantitative estimate of drug-likeness (QED) is 0.851. The Hall–Kier alpha value is -0.120. The van der Waals surface area contributed by atoms with E-state index in [1.165, 1.54) is 25.8 Å². The van der Waals surface area contributed by atoms with Gasteiger partial charge in [-0.05, 0) is 51.5 Å². The van der Waals surface area contributed by atoms with Gasteiger partial charge in [-0.3, -0.25) is 4.90 Å². The Morgan fingerprint density at radius 1 is 1.26 bits per heavy atom. The van der Waals surface area contributed by atoms with Crippen LogP contribution < -0.4 is 5.32 Å². The SMILES string of the molecule is CNC1CCC(C)(C)CC1CN1CCOC(C)(C)C1. The summed E-state index contributed by atoms with van der Waals surface area (Å²) in [5, 5.41) is 3.54. The highest BCUT2D eigenvalue weighted by atomic mass is 16.5. The monoisotopic (exact) mass is 268 g/mol. The van der Waals surface area contributed by atoms with E-state index in [9.17, 15) is 0 Å². The minimum atomic E-state index is 0.0254. The van der Waals surface area contributed by atoms with Crippen molar-refractivity contribution in [3.05, 3.63) is 0 Å². The lowest BCUT2D eigenvalue weighted by molar-refractivity contribution is -0.0921. The summed E-state index contributed by atoms with van der Waals surface area (Å²) in [4.78, 5) is 2.61. The largest absolute Gasteiger partial charge is 0.373 e. The molecule has 0 aromatic rings. The van der Waals surface area contributed by atoms with Gasteiger partial charge in [-0.25, -0.2) is 0 Å². The summed E-state index contributed by atoms with van der Waals surface area (Å²) >= 11 is 0. The van der Waals surface area contributed by atoms with E-state index >= 15 is 0 Å². The Bertz CT molecular complexity index is 301. The van der Waals surface area contributed by atoms with E-state index in [2.05, 4.69) is 45.0 Å². The molecule has 1 aliphatic heterocycles. The van der Waals surface area contributed by atoms with Crippen molar-refractivity contribution in [2.24, 2.45) is 11.3 Å². The van der Waals surface area contributed by atoms with E-state index in [1.54, 1.807) is 0 Å². The minimum absolute atomic E-state index is 0.0254. The Balaban J connectivity index is 1.95. The number of hydrogen-bond acceptors (Lipinski definition) is 3. The molecule has 3 heteroatoms. The van der Waals surface area contributed by atoms with Gasteiger partial charge in [0.1, 0.15) is 0 Å². The van der Waals surface area contributed by atoms with Gasteiger partial charge in [-0.15, -0.1) is 0 Å². The predicted molar refractivity (Wildman–Crippen MR) is 80.4 cm³/mol. The molecule has 0 aromatic heterocycles. The molecule has 2 aliphatic rings. The maximum absolute atomic E-state index is 5.82. The van der Waals surface area contributed by atoms with Crippen LogP contribution in [0.15, 0.2) is 0 Å². The summed E-state index contributed by atoms with van der Waals surface area (Å²) < 4.78 is 5.82. The third kappa shape index (κ3) is 4.17. The summed E-state index contributed by atoms with van der Waals surface area (Å²) in [6, 6.07) is 0.694. The predicted octanol–water partition coefficient (Wildman–Crippen LogP) is 2.51. The van der Waals surface area contributed by atoms with Crippen molar-refractivity contribution >= 4 is 0 Å². The van der Waals surface area contributed by atoms with Gasteiger partial charge in [-0.1, -0.05) is 13.8 Å². The molecule has 0 aromatic carbocycles. The minimum Gasteiger partial charge on any atom is -0.373 e. The third-order valence-corrected chi connectivity index (χ3v) is 4.88. The first kappa shape index (κ1) is 15.3. The molecule has 2 fully saturated rings. The van der Waals surface area contributed by atoms with Crippen LogP contribution in [-0.4, -0.2) is 49.8 Å². The topological polar surface area (TPSA) is 24.5 Å². The average molecular weight is 268 g/mol. The summed E-state index contributed by atoms with van der Waals surface area (Å²) in [7, 11) is 2.12. The fraction of sp³-hybridized carbons (Fsp3) is 1.00. The highest BCUT2D eigenvalue weighted by Gasteiger charge is 2.36. The van der Waals surface area contributed by atoms with Crippen LogP contribution in [-0.2, 0) is 4.74 Å². The van der Waals surface area contributed by atoms with E-state index in [1.807, 2.05) is 0 Å². The maximum atomic E-state index is 5.82. The van der Waals surface area contributed by atoms with E-state index in [4.69, 9.17) is 4.74 Å². The second-order valence-electron chi connectivity index (χ2n) is 7.91. The van der Waals surface area contributed by atoms with Crippen LogP contribution in [0.1, 0.15) is 47.0 Å². The smallest absolute Gasteiger partial charge is 0.0753 e. The second-order valence-corrected chi connectivity index (χ2v) is 7.91. The van der Waals surface area contributed by atoms with Crippen molar-refractivity contribution < 1.29 is 4.74 Å². The number of morpholine rings is 1. The van der Waals surface area contributed by atoms with Gasteiger partial charge >= 0.3 is 0 Å². The maximum Gasteiger partial charge on any atom is 0.0753 e. The molecule has 1 N–H and O–H groups in total. The van der Waals surface area contributed by atoms with Crippen molar-refractivity contribution in [2.75, 3.05) is 33.3 Å². The Labute approximate surface area is 119 Å². The summed E-state index contributed by atoms with van der Waals surface area (Å²) in [6.45, 7) is 13.5. The van der Waals surface area contributed by atoms with Crippen molar-refractivity contribution in [2.45, 2.75) is 58.6 Å². The number of ether oxygens (including phenoxy) is 1. The third-order valence-electron chi connectivity index (χ3n) is 4.88. The molecule has 2 atom stereocenters. The van der Waals surface area contributed by atoms with Gasteiger partial charge in [0.05, 0.1) is 12.2 Å². The zero-order valence-electron chi connectivity index (χ0n) is 13.5. The van der Waals surface area contributed by atoms with E-state index in [0.717, 1.165) is 25.6 Å². The fourth-order valence-electron chi connectivity index (χ4n) is 3.91. The van der Waals surface area contributed by atoms with E-state index in [-0.39, 0.29) is 5.60 Å². The van der Waals surface area contributed by atoms with Crippen LogP contribution in [0.4, 0.5) is 0 Å². The van der Waals surface area contributed by atoms with Gasteiger partial charge < -0.3 is 10.1 Å². The van der Waals surface area contributed by atoms with Crippen molar-refractivity contribution in [1.82, 2.24) is 10.2 Å². The molecule has 1 saturated carbocycles. The van der Waals surface area contributed by atoms with Crippen LogP contribution >= 0.6 is 0 Å². The van der Waals surface area contributed by atoms with Gasteiger partial charge in [0.15, 0.2) is 0 Å². The summed E-state index contributed by atoms with van der Waals surface area (Å²) in [6.07, 6.45) is 4.02. The molecule has 1 aliphatic carbocycles.